The SMILES string of the molecule is CCn1ccnc(Oc2ccc(Br)cc2C(C)C)c1=O. The molecule has 0 fully saturated rings. The Balaban J connectivity index is 2.43. The summed E-state index contributed by atoms with van der Waals surface area (Å²) in [5, 5.41) is 0. The van der Waals surface area contributed by atoms with Gasteiger partial charge in [0.2, 0.25) is 0 Å². The minimum Gasteiger partial charge on any atom is -0.434 e. The van der Waals surface area contributed by atoms with Crippen molar-refractivity contribution in [2.24, 2.45) is 0 Å². The zero-order valence-electron chi connectivity index (χ0n) is 11.8. The molecule has 0 atom stereocenters. The van der Waals surface area contributed by atoms with Crippen LogP contribution >= 0.6 is 15.9 Å². The van der Waals surface area contributed by atoms with Crippen LogP contribution in [0.4, 0.5) is 0 Å². The van der Waals surface area contributed by atoms with Gasteiger partial charge in [-0.1, -0.05) is 29.8 Å². The number of rotatable bonds is 4. The van der Waals surface area contributed by atoms with Crippen molar-refractivity contribution in [2.75, 3.05) is 0 Å². The summed E-state index contributed by atoms with van der Waals surface area (Å²) in [6, 6.07) is 5.74. The Kier molecular flexibility index (Phi) is 4.60. The maximum Gasteiger partial charge on any atom is 0.313 e. The second kappa shape index (κ2) is 6.22. The molecule has 2 rings (SSSR count). The first-order valence-electron chi connectivity index (χ1n) is 6.55. The molecule has 0 spiro atoms. The third-order valence-corrected chi connectivity index (χ3v) is 3.52. The van der Waals surface area contributed by atoms with E-state index in [1.54, 1.807) is 17.0 Å². The molecule has 0 amide bonds. The van der Waals surface area contributed by atoms with Gasteiger partial charge in [0, 0.05) is 23.4 Å². The zero-order valence-corrected chi connectivity index (χ0v) is 13.3. The smallest absolute Gasteiger partial charge is 0.313 e. The van der Waals surface area contributed by atoms with Crippen LogP contribution in [0, 0.1) is 0 Å². The molecule has 0 saturated heterocycles. The van der Waals surface area contributed by atoms with E-state index in [1.807, 2.05) is 25.1 Å². The fourth-order valence-corrected chi connectivity index (χ4v) is 2.29. The van der Waals surface area contributed by atoms with Crippen LogP contribution in [0.2, 0.25) is 0 Å². The van der Waals surface area contributed by atoms with E-state index in [9.17, 15) is 4.79 Å². The van der Waals surface area contributed by atoms with E-state index in [0.29, 0.717) is 18.2 Å². The minimum atomic E-state index is -0.215. The molecule has 0 radical (unpaired) electrons. The maximum atomic E-state index is 12.1. The van der Waals surface area contributed by atoms with Gasteiger partial charge in [-0.25, -0.2) is 4.98 Å². The van der Waals surface area contributed by atoms with Crippen LogP contribution in [0.25, 0.3) is 0 Å². The Morgan fingerprint density at radius 1 is 1.40 bits per heavy atom. The lowest BCUT2D eigenvalue weighted by atomic mass is 10.0. The highest BCUT2D eigenvalue weighted by Gasteiger charge is 2.12. The van der Waals surface area contributed by atoms with Gasteiger partial charge in [0.25, 0.3) is 5.88 Å². The van der Waals surface area contributed by atoms with Crippen LogP contribution in [-0.2, 0) is 6.54 Å². The number of nitrogens with zero attached hydrogens (tertiary/aromatic N) is 2. The van der Waals surface area contributed by atoms with Crippen LogP contribution in [0.15, 0.2) is 39.9 Å². The van der Waals surface area contributed by atoms with E-state index in [2.05, 4.69) is 34.8 Å². The van der Waals surface area contributed by atoms with Crippen LogP contribution in [0.5, 0.6) is 11.6 Å². The van der Waals surface area contributed by atoms with Gasteiger partial charge in [0.1, 0.15) is 5.75 Å². The summed E-state index contributed by atoms with van der Waals surface area (Å²) in [6.45, 7) is 6.66. The third kappa shape index (κ3) is 3.10. The summed E-state index contributed by atoms with van der Waals surface area (Å²) in [6.07, 6.45) is 3.23. The predicted molar refractivity (Wildman–Crippen MR) is 82.5 cm³/mol. The molecule has 0 aliphatic carbocycles. The van der Waals surface area contributed by atoms with Crippen LogP contribution in [-0.4, -0.2) is 9.55 Å². The lowest BCUT2D eigenvalue weighted by Gasteiger charge is -2.13. The van der Waals surface area contributed by atoms with E-state index in [-0.39, 0.29) is 11.4 Å². The van der Waals surface area contributed by atoms with Gasteiger partial charge in [-0.3, -0.25) is 4.79 Å². The lowest BCUT2D eigenvalue weighted by molar-refractivity contribution is 0.438. The van der Waals surface area contributed by atoms with Gasteiger partial charge >= 0.3 is 5.56 Å². The third-order valence-electron chi connectivity index (χ3n) is 3.02. The fourth-order valence-electron chi connectivity index (χ4n) is 1.91. The molecule has 1 aromatic carbocycles. The average molecular weight is 337 g/mol. The maximum absolute atomic E-state index is 12.1. The highest BCUT2D eigenvalue weighted by Crippen LogP contribution is 2.31. The molecule has 1 heterocycles. The largest absolute Gasteiger partial charge is 0.434 e. The Morgan fingerprint density at radius 3 is 2.80 bits per heavy atom. The van der Waals surface area contributed by atoms with Crippen molar-refractivity contribution in [3.05, 3.63) is 51.0 Å². The number of aromatic nitrogens is 2. The average Bonchev–Trinajstić information content (AvgIpc) is 2.42. The standard InChI is InChI=1S/C15H17BrN2O2/c1-4-18-8-7-17-14(15(18)19)20-13-6-5-11(16)9-12(13)10(2)3/h5-10H,4H2,1-3H3. The van der Waals surface area contributed by atoms with E-state index in [1.165, 1.54) is 0 Å². The first-order chi connectivity index (χ1) is 9.52. The van der Waals surface area contributed by atoms with E-state index >= 15 is 0 Å². The topological polar surface area (TPSA) is 44.1 Å². The number of ether oxygens (including phenoxy) is 1. The molecular formula is C15H17BrN2O2. The first-order valence-corrected chi connectivity index (χ1v) is 7.35. The van der Waals surface area contributed by atoms with Gasteiger partial charge in [0.15, 0.2) is 0 Å². The van der Waals surface area contributed by atoms with Gasteiger partial charge in [-0.15, -0.1) is 0 Å². The van der Waals surface area contributed by atoms with Crippen molar-refractivity contribution in [1.82, 2.24) is 9.55 Å². The van der Waals surface area contributed by atoms with Crippen molar-refractivity contribution in [3.8, 4) is 11.6 Å². The molecule has 4 nitrogen and oxygen atoms in total. The monoisotopic (exact) mass is 336 g/mol. The van der Waals surface area contributed by atoms with Crippen LogP contribution in [0.1, 0.15) is 32.3 Å². The quantitative estimate of drug-likeness (QED) is 0.849. The molecule has 2 aromatic rings. The summed E-state index contributed by atoms with van der Waals surface area (Å²) >= 11 is 3.45. The predicted octanol–water partition coefficient (Wildman–Crippen LogP) is 3.94. The lowest BCUT2D eigenvalue weighted by Crippen LogP contribution is -2.20. The number of aryl methyl sites for hydroxylation is 1. The fraction of sp³-hybridized carbons (Fsp3) is 0.333. The molecule has 0 aliphatic rings. The number of hydrogen-bond acceptors (Lipinski definition) is 3. The summed E-state index contributed by atoms with van der Waals surface area (Å²) < 4.78 is 8.29. The zero-order chi connectivity index (χ0) is 14.7. The van der Waals surface area contributed by atoms with Gasteiger partial charge in [-0.05, 0) is 36.6 Å². The minimum absolute atomic E-state index is 0.110. The Labute approximate surface area is 126 Å². The molecule has 0 aliphatic heterocycles. The molecule has 0 N–H and O–H groups in total. The van der Waals surface area contributed by atoms with Crippen molar-refractivity contribution in [3.63, 3.8) is 0 Å². The van der Waals surface area contributed by atoms with Crippen molar-refractivity contribution in [1.29, 1.82) is 0 Å². The molecule has 1 aromatic heterocycles. The molecular weight excluding hydrogens is 320 g/mol. The van der Waals surface area contributed by atoms with Gasteiger partial charge in [0.05, 0.1) is 0 Å². The van der Waals surface area contributed by atoms with Crippen molar-refractivity contribution in [2.45, 2.75) is 33.2 Å². The molecule has 5 heteroatoms. The summed E-state index contributed by atoms with van der Waals surface area (Å²) in [7, 11) is 0. The van der Waals surface area contributed by atoms with Crippen molar-refractivity contribution < 1.29 is 4.74 Å². The highest BCUT2D eigenvalue weighted by molar-refractivity contribution is 9.10. The van der Waals surface area contributed by atoms with Gasteiger partial charge < -0.3 is 9.30 Å². The van der Waals surface area contributed by atoms with E-state index < -0.39 is 0 Å². The molecule has 0 unspecified atom stereocenters. The normalized spacial score (nSPS) is 10.8. The highest BCUT2D eigenvalue weighted by atomic mass is 79.9. The second-order valence-electron chi connectivity index (χ2n) is 4.76. The summed E-state index contributed by atoms with van der Waals surface area (Å²) in [5.74, 6) is 1.07. The molecule has 0 saturated carbocycles. The van der Waals surface area contributed by atoms with E-state index in [0.717, 1.165) is 10.0 Å². The van der Waals surface area contributed by atoms with Crippen LogP contribution < -0.4 is 10.3 Å². The Hall–Kier alpha value is -1.62. The summed E-state index contributed by atoms with van der Waals surface area (Å²) in [5.41, 5.74) is 0.820. The van der Waals surface area contributed by atoms with Crippen molar-refractivity contribution >= 4 is 15.9 Å². The molecule has 20 heavy (non-hydrogen) atoms. The Bertz CT molecular complexity index is 665. The summed E-state index contributed by atoms with van der Waals surface area (Å²) in [4.78, 5) is 16.2. The first kappa shape index (κ1) is 14.8. The number of halogens is 1. The second-order valence-corrected chi connectivity index (χ2v) is 5.68. The van der Waals surface area contributed by atoms with Gasteiger partial charge in [-0.2, -0.15) is 0 Å². The molecule has 106 valence electrons. The van der Waals surface area contributed by atoms with E-state index in [4.69, 9.17) is 4.74 Å². The number of hydrogen-bond donors (Lipinski definition) is 0. The Morgan fingerprint density at radius 2 is 2.15 bits per heavy atom. The molecule has 0 bridgehead atoms. The number of benzene rings is 1. The van der Waals surface area contributed by atoms with Crippen LogP contribution in [0.3, 0.4) is 0 Å².